The van der Waals surface area contributed by atoms with Gasteiger partial charge in [0.15, 0.2) is 5.13 Å². The van der Waals surface area contributed by atoms with Crippen LogP contribution in [0.4, 0.5) is 5.13 Å². The van der Waals surface area contributed by atoms with Crippen molar-refractivity contribution >= 4 is 44.2 Å². The van der Waals surface area contributed by atoms with Crippen LogP contribution in [0.25, 0.3) is 10.2 Å². The van der Waals surface area contributed by atoms with Gasteiger partial charge in [0.2, 0.25) is 0 Å². The summed E-state index contributed by atoms with van der Waals surface area (Å²) in [5.41, 5.74) is 2.00. The van der Waals surface area contributed by atoms with Gasteiger partial charge in [0.05, 0.1) is 10.2 Å². The number of hydrogen-bond acceptors (Lipinski definition) is 4. The summed E-state index contributed by atoms with van der Waals surface area (Å²) in [6.45, 7) is 1.77. The minimum absolute atomic E-state index is 0.138. The van der Waals surface area contributed by atoms with E-state index in [0.29, 0.717) is 21.3 Å². The highest BCUT2D eigenvalue weighted by molar-refractivity contribution is 7.22. The smallest absolute Gasteiger partial charge is 0.257 e. The Bertz CT molecular complexity index is 845. The maximum atomic E-state index is 12.2. The molecule has 3 rings (SSSR count). The molecule has 1 heterocycles. The molecule has 6 heteroatoms. The number of hydrogen-bond donors (Lipinski definition) is 2. The Morgan fingerprint density at radius 3 is 2.86 bits per heavy atom. The molecule has 0 aliphatic rings. The second-order valence-corrected chi connectivity index (χ2v) is 6.05. The Morgan fingerprint density at radius 2 is 2.10 bits per heavy atom. The van der Waals surface area contributed by atoms with Crippen molar-refractivity contribution in [1.29, 1.82) is 0 Å². The van der Waals surface area contributed by atoms with Crippen molar-refractivity contribution in [2.45, 2.75) is 6.92 Å². The number of amides is 1. The molecule has 2 aromatic carbocycles. The number of benzene rings is 2. The van der Waals surface area contributed by atoms with Crippen molar-refractivity contribution in [2.75, 3.05) is 5.32 Å². The fourth-order valence-corrected chi connectivity index (χ4v) is 3.16. The maximum absolute atomic E-state index is 12.2. The van der Waals surface area contributed by atoms with E-state index in [2.05, 4.69) is 10.3 Å². The number of nitrogens with one attached hydrogen (secondary N) is 1. The number of carbonyl (C=O) groups excluding carboxylic acids is 1. The van der Waals surface area contributed by atoms with Crippen molar-refractivity contribution in [1.82, 2.24) is 4.98 Å². The number of aromatic hydroxyl groups is 1. The van der Waals surface area contributed by atoms with Gasteiger partial charge in [-0.15, -0.1) is 0 Å². The van der Waals surface area contributed by atoms with Crippen molar-refractivity contribution in [2.24, 2.45) is 0 Å². The molecule has 0 saturated carbocycles. The molecule has 0 atom stereocenters. The number of fused-ring (bicyclic) bond motifs is 1. The van der Waals surface area contributed by atoms with Gasteiger partial charge in [0, 0.05) is 10.6 Å². The van der Waals surface area contributed by atoms with Gasteiger partial charge < -0.3 is 5.11 Å². The standard InChI is InChI=1S/C15H11ClN2O2S/c1-8-6-10(19)3-4-11(8)14(20)18-15-17-12-5-2-9(16)7-13(12)21-15/h2-7,19H,1H3,(H,17,18,20). The lowest BCUT2D eigenvalue weighted by Crippen LogP contribution is -2.12. The number of carbonyl (C=O) groups is 1. The predicted molar refractivity (Wildman–Crippen MR) is 85.4 cm³/mol. The van der Waals surface area contributed by atoms with Crippen LogP contribution in [0.15, 0.2) is 36.4 Å². The summed E-state index contributed by atoms with van der Waals surface area (Å²) >= 11 is 7.30. The molecule has 0 aliphatic heterocycles. The first-order valence-corrected chi connectivity index (χ1v) is 7.39. The molecule has 0 saturated heterocycles. The molecule has 21 heavy (non-hydrogen) atoms. The number of halogens is 1. The largest absolute Gasteiger partial charge is 0.508 e. The van der Waals surface area contributed by atoms with Gasteiger partial charge in [-0.25, -0.2) is 4.98 Å². The van der Waals surface area contributed by atoms with Gasteiger partial charge >= 0.3 is 0 Å². The number of nitrogens with zero attached hydrogens (tertiary/aromatic N) is 1. The Hall–Kier alpha value is -2.11. The van der Waals surface area contributed by atoms with Gasteiger partial charge in [-0.05, 0) is 48.9 Å². The molecule has 0 radical (unpaired) electrons. The van der Waals surface area contributed by atoms with Crippen LogP contribution >= 0.6 is 22.9 Å². The van der Waals surface area contributed by atoms with Crippen LogP contribution in [0.3, 0.4) is 0 Å². The van der Waals surface area contributed by atoms with Gasteiger partial charge in [-0.1, -0.05) is 22.9 Å². The molecule has 0 unspecified atom stereocenters. The van der Waals surface area contributed by atoms with Crippen LogP contribution in [0.1, 0.15) is 15.9 Å². The van der Waals surface area contributed by atoms with Crippen LogP contribution in [0.5, 0.6) is 5.75 Å². The number of aromatic nitrogens is 1. The molecule has 106 valence electrons. The SMILES string of the molecule is Cc1cc(O)ccc1C(=O)Nc1nc2ccc(Cl)cc2s1. The summed E-state index contributed by atoms with van der Waals surface area (Å²) in [7, 11) is 0. The first kappa shape index (κ1) is 13.9. The van der Waals surface area contributed by atoms with Gasteiger partial charge in [-0.2, -0.15) is 0 Å². The summed E-state index contributed by atoms with van der Waals surface area (Å²) < 4.78 is 0.917. The molecule has 0 fully saturated rings. The normalized spacial score (nSPS) is 10.8. The average Bonchev–Trinajstić information content (AvgIpc) is 2.79. The zero-order chi connectivity index (χ0) is 15.0. The van der Waals surface area contributed by atoms with Gasteiger partial charge in [-0.3, -0.25) is 10.1 Å². The number of phenols is 1. The second kappa shape index (κ2) is 5.35. The predicted octanol–water partition coefficient (Wildman–Crippen LogP) is 4.22. The number of aryl methyl sites for hydroxylation is 1. The van der Waals surface area contributed by atoms with E-state index in [-0.39, 0.29) is 11.7 Å². The summed E-state index contributed by atoms with van der Waals surface area (Å²) in [5.74, 6) is -0.115. The molecule has 3 aromatic rings. The summed E-state index contributed by atoms with van der Waals surface area (Å²) in [6.07, 6.45) is 0. The zero-order valence-electron chi connectivity index (χ0n) is 11.1. The lowest BCUT2D eigenvalue weighted by atomic mass is 10.1. The lowest BCUT2D eigenvalue weighted by molar-refractivity contribution is 0.102. The molecule has 2 N–H and O–H groups in total. The molecule has 4 nitrogen and oxygen atoms in total. The van der Waals surface area contributed by atoms with E-state index in [9.17, 15) is 9.90 Å². The van der Waals surface area contributed by atoms with E-state index in [1.165, 1.54) is 17.4 Å². The summed E-state index contributed by atoms with van der Waals surface area (Å²) in [4.78, 5) is 16.6. The Balaban J connectivity index is 1.89. The fourth-order valence-electron chi connectivity index (χ4n) is 2.02. The Kier molecular flexibility index (Phi) is 3.53. The molecule has 0 aliphatic carbocycles. The minimum Gasteiger partial charge on any atom is -0.508 e. The quantitative estimate of drug-likeness (QED) is 0.743. The van der Waals surface area contributed by atoms with E-state index >= 15 is 0 Å². The van der Waals surface area contributed by atoms with Crippen molar-refractivity contribution in [3.8, 4) is 5.75 Å². The Labute approximate surface area is 130 Å². The number of phenolic OH excluding ortho intramolecular Hbond substituents is 1. The molecule has 1 amide bonds. The molecule has 0 bridgehead atoms. The third kappa shape index (κ3) is 2.84. The van der Waals surface area contributed by atoms with E-state index in [1.807, 2.05) is 12.1 Å². The van der Waals surface area contributed by atoms with Crippen LogP contribution in [0, 0.1) is 6.92 Å². The zero-order valence-corrected chi connectivity index (χ0v) is 12.6. The third-order valence-electron chi connectivity index (χ3n) is 3.03. The number of thiazole rings is 1. The van der Waals surface area contributed by atoms with Crippen LogP contribution in [0.2, 0.25) is 5.02 Å². The van der Waals surface area contributed by atoms with Crippen LogP contribution in [-0.2, 0) is 0 Å². The molecule has 1 aromatic heterocycles. The molecular formula is C15H11ClN2O2S. The maximum Gasteiger partial charge on any atom is 0.257 e. The second-order valence-electron chi connectivity index (χ2n) is 4.58. The monoisotopic (exact) mass is 318 g/mol. The highest BCUT2D eigenvalue weighted by Crippen LogP contribution is 2.28. The van der Waals surface area contributed by atoms with Gasteiger partial charge in [0.1, 0.15) is 5.75 Å². The third-order valence-corrected chi connectivity index (χ3v) is 4.19. The van der Waals surface area contributed by atoms with Gasteiger partial charge in [0.25, 0.3) is 5.91 Å². The summed E-state index contributed by atoms with van der Waals surface area (Å²) in [5, 5.41) is 13.3. The molecular weight excluding hydrogens is 308 g/mol. The highest BCUT2D eigenvalue weighted by Gasteiger charge is 2.12. The average molecular weight is 319 g/mol. The van der Waals surface area contributed by atoms with Crippen molar-refractivity contribution < 1.29 is 9.90 Å². The van der Waals surface area contributed by atoms with E-state index in [4.69, 9.17) is 11.6 Å². The van der Waals surface area contributed by atoms with Crippen LogP contribution in [-0.4, -0.2) is 16.0 Å². The van der Waals surface area contributed by atoms with Crippen molar-refractivity contribution in [3.05, 3.63) is 52.5 Å². The summed E-state index contributed by atoms with van der Waals surface area (Å²) in [6, 6.07) is 10.0. The van der Waals surface area contributed by atoms with Crippen LogP contribution < -0.4 is 5.32 Å². The highest BCUT2D eigenvalue weighted by atomic mass is 35.5. The number of anilines is 1. The Morgan fingerprint density at radius 1 is 1.29 bits per heavy atom. The first-order valence-electron chi connectivity index (χ1n) is 6.20. The van der Waals surface area contributed by atoms with E-state index in [1.54, 1.807) is 25.1 Å². The van der Waals surface area contributed by atoms with E-state index in [0.717, 1.165) is 10.2 Å². The minimum atomic E-state index is -0.252. The first-order chi connectivity index (χ1) is 10.0. The van der Waals surface area contributed by atoms with E-state index < -0.39 is 0 Å². The fraction of sp³-hybridized carbons (Fsp3) is 0.0667. The molecule has 0 spiro atoms. The lowest BCUT2D eigenvalue weighted by Gasteiger charge is -2.05. The van der Waals surface area contributed by atoms with Crippen molar-refractivity contribution in [3.63, 3.8) is 0 Å². The number of rotatable bonds is 2. The topological polar surface area (TPSA) is 62.2 Å².